The SMILES string of the molecule is O=C(NCCc1ccoc1)C1c2ccccc2Oc2ccccc21. The number of benzene rings is 2. The maximum absolute atomic E-state index is 12.9. The van der Waals surface area contributed by atoms with E-state index in [0.717, 1.165) is 34.6 Å². The second kappa shape index (κ2) is 6.24. The smallest absolute Gasteiger partial charge is 0.232 e. The summed E-state index contributed by atoms with van der Waals surface area (Å²) >= 11 is 0. The van der Waals surface area contributed by atoms with Gasteiger partial charge in [0, 0.05) is 17.7 Å². The largest absolute Gasteiger partial charge is 0.472 e. The molecule has 1 aliphatic heterocycles. The van der Waals surface area contributed by atoms with Crippen LogP contribution in [0.2, 0.25) is 0 Å². The molecule has 4 heteroatoms. The summed E-state index contributed by atoms with van der Waals surface area (Å²) in [5, 5.41) is 3.04. The molecule has 3 aromatic rings. The third-order valence-corrected chi connectivity index (χ3v) is 4.24. The van der Waals surface area contributed by atoms with Crippen molar-refractivity contribution < 1.29 is 13.9 Å². The summed E-state index contributed by atoms with van der Waals surface area (Å²) in [6.45, 7) is 0.570. The Morgan fingerprint density at radius 1 is 0.958 bits per heavy atom. The van der Waals surface area contributed by atoms with Crippen molar-refractivity contribution in [2.45, 2.75) is 12.3 Å². The van der Waals surface area contributed by atoms with Crippen LogP contribution in [-0.2, 0) is 11.2 Å². The van der Waals surface area contributed by atoms with Crippen molar-refractivity contribution in [3.63, 3.8) is 0 Å². The Morgan fingerprint density at radius 2 is 1.62 bits per heavy atom. The lowest BCUT2D eigenvalue weighted by Crippen LogP contribution is -2.32. The summed E-state index contributed by atoms with van der Waals surface area (Å²) in [4.78, 5) is 12.9. The van der Waals surface area contributed by atoms with Crippen molar-refractivity contribution >= 4 is 5.91 Å². The number of furan rings is 1. The van der Waals surface area contributed by atoms with Crippen LogP contribution < -0.4 is 10.1 Å². The molecular weight excluding hydrogens is 302 g/mol. The Hall–Kier alpha value is -3.01. The lowest BCUT2D eigenvalue weighted by molar-refractivity contribution is -0.121. The topological polar surface area (TPSA) is 51.5 Å². The number of nitrogens with one attached hydrogen (secondary N) is 1. The molecule has 2 heterocycles. The zero-order chi connectivity index (χ0) is 16.4. The predicted octanol–water partition coefficient (Wildman–Crippen LogP) is 3.88. The number of rotatable bonds is 4. The maximum Gasteiger partial charge on any atom is 0.232 e. The van der Waals surface area contributed by atoms with Crippen LogP contribution in [0.3, 0.4) is 0 Å². The molecular formula is C20H17NO3. The standard InChI is InChI=1S/C20H17NO3/c22-20(21-11-9-14-10-12-23-13-14)19-15-5-1-3-7-17(15)24-18-8-4-2-6-16(18)19/h1-8,10,12-13,19H,9,11H2,(H,21,22). The van der Waals surface area contributed by atoms with Crippen molar-refractivity contribution in [2.24, 2.45) is 0 Å². The van der Waals surface area contributed by atoms with E-state index in [2.05, 4.69) is 5.32 Å². The van der Waals surface area contributed by atoms with E-state index in [9.17, 15) is 4.79 Å². The van der Waals surface area contributed by atoms with E-state index in [1.165, 1.54) is 0 Å². The van der Waals surface area contributed by atoms with Gasteiger partial charge in [-0.1, -0.05) is 36.4 Å². The van der Waals surface area contributed by atoms with Gasteiger partial charge in [0.15, 0.2) is 0 Å². The van der Waals surface area contributed by atoms with Gasteiger partial charge in [-0.3, -0.25) is 4.79 Å². The number of fused-ring (bicyclic) bond motifs is 2. The van der Waals surface area contributed by atoms with Gasteiger partial charge in [0.2, 0.25) is 5.91 Å². The number of carbonyl (C=O) groups excluding carboxylic acids is 1. The number of hydrogen-bond donors (Lipinski definition) is 1. The first-order valence-corrected chi connectivity index (χ1v) is 7.97. The van der Waals surface area contributed by atoms with Crippen LogP contribution in [0.25, 0.3) is 0 Å². The second-order valence-corrected chi connectivity index (χ2v) is 5.78. The number of ether oxygens (including phenoxy) is 1. The van der Waals surface area contributed by atoms with Crippen molar-refractivity contribution in [3.05, 3.63) is 83.8 Å². The maximum atomic E-state index is 12.9. The van der Waals surface area contributed by atoms with Crippen molar-refractivity contribution in [2.75, 3.05) is 6.54 Å². The second-order valence-electron chi connectivity index (χ2n) is 5.78. The van der Waals surface area contributed by atoms with Gasteiger partial charge >= 0.3 is 0 Å². The molecule has 0 unspecified atom stereocenters. The monoisotopic (exact) mass is 319 g/mol. The summed E-state index contributed by atoms with van der Waals surface area (Å²) in [6, 6.07) is 17.3. The summed E-state index contributed by atoms with van der Waals surface area (Å²) in [5.74, 6) is 1.12. The van der Waals surface area contributed by atoms with Crippen LogP contribution in [0.15, 0.2) is 71.5 Å². The van der Waals surface area contributed by atoms with E-state index in [0.29, 0.717) is 6.54 Å². The van der Waals surface area contributed by atoms with Crippen molar-refractivity contribution in [3.8, 4) is 11.5 Å². The molecule has 1 N–H and O–H groups in total. The minimum absolute atomic E-state index is 0.0123. The zero-order valence-electron chi connectivity index (χ0n) is 13.1. The van der Waals surface area contributed by atoms with Crippen LogP contribution in [0.4, 0.5) is 0 Å². The molecule has 4 rings (SSSR count). The highest BCUT2D eigenvalue weighted by Gasteiger charge is 2.32. The quantitative estimate of drug-likeness (QED) is 0.794. The number of amides is 1. The first kappa shape index (κ1) is 14.6. The van der Waals surface area contributed by atoms with Crippen LogP contribution >= 0.6 is 0 Å². The molecule has 24 heavy (non-hydrogen) atoms. The van der Waals surface area contributed by atoms with Crippen LogP contribution in [-0.4, -0.2) is 12.5 Å². The highest BCUT2D eigenvalue weighted by Crippen LogP contribution is 2.43. The van der Waals surface area contributed by atoms with E-state index in [4.69, 9.17) is 9.15 Å². The fourth-order valence-electron chi connectivity index (χ4n) is 3.06. The molecule has 0 saturated carbocycles. The average molecular weight is 319 g/mol. The summed E-state index contributed by atoms with van der Waals surface area (Å²) in [7, 11) is 0. The zero-order valence-corrected chi connectivity index (χ0v) is 13.1. The van der Waals surface area contributed by atoms with E-state index in [1.807, 2.05) is 54.6 Å². The van der Waals surface area contributed by atoms with E-state index >= 15 is 0 Å². The average Bonchev–Trinajstić information content (AvgIpc) is 3.13. The molecule has 0 bridgehead atoms. The highest BCUT2D eigenvalue weighted by molar-refractivity contribution is 5.89. The first-order valence-electron chi connectivity index (χ1n) is 7.97. The third-order valence-electron chi connectivity index (χ3n) is 4.24. The molecule has 4 nitrogen and oxygen atoms in total. The molecule has 0 aliphatic carbocycles. The van der Waals surface area contributed by atoms with Crippen molar-refractivity contribution in [1.29, 1.82) is 0 Å². The lowest BCUT2D eigenvalue weighted by atomic mass is 9.87. The number of para-hydroxylation sites is 2. The molecule has 0 saturated heterocycles. The molecule has 1 aromatic heterocycles. The Labute approximate surface area is 140 Å². The van der Waals surface area contributed by atoms with Gasteiger partial charge in [0.25, 0.3) is 0 Å². The van der Waals surface area contributed by atoms with Crippen LogP contribution in [0.1, 0.15) is 22.6 Å². The Balaban J connectivity index is 1.58. The summed E-state index contributed by atoms with van der Waals surface area (Å²) in [6.07, 6.45) is 4.09. The molecule has 0 atom stereocenters. The number of hydrogen-bond acceptors (Lipinski definition) is 3. The Morgan fingerprint density at radius 3 is 2.25 bits per heavy atom. The minimum atomic E-state index is -0.351. The minimum Gasteiger partial charge on any atom is -0.472 e. The van der Waals surface area contributed by atoms with Crippen molar-refractivity contribution in [1.82, 2.24) is 5.32 Å². The molecule has 120 valence electrons. The summed E-state index contributed by atoms with van der Waals surface area (Å²) < 4.78 is 11.0. The van der Waals surface area contributed by atoms with Gasteiger partial charge in [0.05, 0.1) is 18.4 Å². The van der Waals surface area contributed by atoms with E-state index < -0.39 is 0 Å². The molecule has 0 fully saturated rings. The van der Waals surface area contributed by atoms with Gasteiger partial charge in [-0.25, -0.2) is 0 Å². The number of carbonyl (C=O) groups is 1. The van der Waals surface area contributed by atoms with Gasteiger partial charge < -0.3 is 14.5 Å². The fourth-order valence-corrected chi connectivity index (χ4v) is 3.06. The highest BCUT2D eigenvalue weighted by atomic mass is 16.5. The van der Waals surface area contributed by atoms with E-state index in [-0.39, 0.29) is 11.8 Å². The molecule has 1 aliphatic rings. The molecule has 0 radical (unpaired) electrons. The normalized spacial score (nSPS) is 12.8. The molecule has 1 amide bonds. The van der Waals surface area contributed by atoms with Gasteiger partial charge in [-0.05, 0) is 30.2 Å². The molecule has 0 spiro atoms. The lowest BCUT2D eigenvalue weighted by Gasteiger charge is -2.27. The van der Waals surface area contributed by atoms with E-state index in [1.54, 1.807) is 12.5 Å². The Kier molecular flexibility index (Phi) is 3.79. The summed E-state index contributed by atoms with van der Waals surface area (Å²) in [5.41, 5.74) is 2.87. The van der Waals surface area contributed by atoms with Crippen LogP contribution in [0.5, 0.6) is 11.5 Å². The van der Waals surface area contributed by atoms with Gasteiger partial charge in [-0.15, -0.1) is 0 Å². The first-order chi connectivity index (χ1) is 11.8. The predicted molar refractivity (Wildman–Crippen MR) is 90.2 cm³/mol. The molecule has 2 aromatic carbocycles. The van der Waals surface area contributed by atoms with Crippen LogP contribution in [0, 0.1) is 0 Å². The Bertz CT molecular complexity index is 809. The third kappa shape index (κ3) is 2.67. The fraction of sp³-hybridized carbons (Fsp3) is 0.150. The van der Waals surface area contributed by atoms with Gasteiger partial charge in [0.1, 0.15) is 11.5 Å². The van der Waals surface area contributed by atoms with Gasteiger partial charge in [-0.2, -0.15) is 0 Å².